The summed E-state index contributed by atoms with van der Waals surface area (Å²) in [5, 5.41) is 1.16. The molecule has 0 fully saturated rings. The summed E-state index contributed by atoms with van der Waals surface area (Å²) < 4.78 is 10.5. The van der Waals surface area contributed by atoms with E-state index in [1.807, 2.05) is 0 Å². The molecule has 0 aliphatic carbocycles. The Morgan fingerprint density at radius 2 is 1.64 bits per heavy atom. The molecule has 0 radical (unpaired) electrons. The van der Waals surface area contributed by atoms with Crippen LogP contribution in [0.2, 0.25) is 15.1 Å². The first kappa shape index (κ1) is 12.7. The number of benzene rings is 1. The van der Waals surface area contributed by atoms with Crippen molar-refractivity contribution < 1.29 is 4.21 Å². The summed E-state index contributed by atoms with van der Waals surface area (Å²) in [5.74, 6) is 0. The predicted molar refractivity (Wildman–Crippen MR) is 66.3 cm³/mol. The summed E-state index contributed by atoms with van der Waals surface area (Å²) in [4.78, 5) is 0.606. The zero-order valence-electron chi connectivity index (χ0n) is 6.39. The van der Waals surface area contributed by atoms with E-state index in [-0.39, 0.29) is 14.9 Å². The average molecular weight is 308 g/mol. The van der Waals surface area contributed by atoms with Gasteiger partial charge in [-0.3, -0.25) is 0 Å². The summed E-state index contributed by atoms with van der Waals surface area (Å²) in [6, 6.07) is 3.07. The van der Waals surface area contributed by atoms with Crippen LogP contribution in [-0.4, -0.2) is 7.86 Å². The van der Waals surface area contributed by atoms with Crippen LogP contribution in [-0.2, 0) is 11.3 Å². The third kappa shape index (κ3) is 3.33. The molecule has 1 rings (SSSR count). The minimum atomic E-state index is 0.130. The van der Waals surface area contributed by atoms with Crippen LogP contribution in [0.4, 0.5) is 0 Å². The first-order chi connectivity index (χ1) is 6.54. The van der Waals surface area contributed by atoms with Gasteiger partial charge in [0.25, 0.3) is 0 Å². The van der Waals surface area contributed by atoms with E-state index in [4.69, 9.17) is 46.4 Å². The van der Waals surface area contributed by atoms with E-state index in [1.54, 1.807) is 6.07 Å². The first-order valence-electron chi connectivity index (χ1n) is 3.19. The van der Waals surface area contributed by atoms with E-state index >= 15 is 0 Å². The first-order valence-corrected chi connectivity index (χ1v) is 6.26. The maximum Gasteiger partial charge on any atom is 0.171 e. The molecule has 76 valence electrons. The Bertz CT molecular complexity index is 414. The molecule has 0 N–H and O–H groups in total. The van der Waals surface area contributed by atoms with Crippen LogP contribution in [0.3, 0.4) is 0 Å². The normalized spacial score (nSPS) is 10.0. The van der Waals surface area contributed by atoms with Crippen LogP contribution in [0.1, 0.15) is 0 Å². The van der Waals surface area contributed by atoms with Crippen LogP contribution in [0, 0.1) is 0 Å². The van der Waals surface area contributed by atoms with Crippen molar-refractivity contribution in [3.05, 3.63) is 27.2 Å². The Morgan fingerprint density at radius 1 is 1.07 bits per heavy atom. The van der Waals surface area contributed by atoms with Crippen LogP contribution < -0.4 is 0 Å². The second-order valence-electron chi connectivity index (χ2n) is 2.12. The standard InChI is InChI=1S/C7H2Cl4OS2/c8-3-1-5(10)6(2-4(3)9)13-7(11)14-12/h1-2H. The van der Waals surface area contributed by atoms with Gasteiger partial charge >= 0.3 is 0 Å². The summed E-state index contributed by atoms with van der Waals surface area (Å²) in [7, 11) is 0. The Kier molecular flexibility index (Phi) is 5.11. The Labute approximate surface area is 109 Å². The molecule has 1 aromatic carbocycles. The van der Waals surface area contributed by atoms with Gasteiger partial charge in [-0.15, -0.1) is 0 Å². The highest BCUT2D eigenvalue weighted by Crippen LogP contribution is 2.35. The van der Waals surface area contributed by atoms with Crippen molar-refractivity contribution in [1.82, 2.24) is 0 Å². The quantitative estimate of drug-likeness (QED) is 0.333. The molecule has 1 nitrogen and oxygen atoms in total. The van der Waals surface area contributed by atoms with Gasteiger partial charge in [0, 0.05) is 4.90 Å². The van der Waals surface area contributed by atoms with Gasteiger partial charge in [0.15, 0.2) is 3.66 Å². The lowest BCUT2D eigenvalue weighted by Gasteiger charge is -2.03. The molecular weight excluding hydrogens is 306 g/mol. The molecule has 1 aromatic rings. The molecule has 0 unspecified atom stereocenters. The molecule has 0 aliphatic rings. The number of thioether (sulfide) groups is 1. The molecule has 0 heterocycles. The minimum Gasteiger partial charge on any atom is -0.210 e. The molecule has 14 heavy (non-hydrogen) atoms. The highest BCUT2D eigenvalue weighted by molar-refractivity contribution is 8.24. The van der Waals surface area contributed by atoms with Gasteiger partial charge in [0.05, 0.1) is 15.1 Å². The van der Waals surface area contributed by atoms with Gasteiger partial charge in [-0.25, -0.2) is 4.21 Å². The lowest BCUT2D eigenvalue weighted by atomic mass is 10.4. The lowest BCUT2D eigenvalue weighted by molar-refractivity contribution is 0.701. The Hall–Kier alpha value is 0.620. The van der Waals surface area contributed by atoms with Crippen LogP contribution >= 0.6 is 58.2 Å². The van der Waals surface area contributed by atoms with Crippen molar-refractivity contribution in [3.8, 4) is 0 Å². The van der Waals surface area contributed by atoms with Crippen molar-refractivity contribution >= 4 is 73.1 Å². The van der Waals surface area contributed by atoms with E-state index in [9.17, 15) is 4.21 Å². The summed E-state index contributed by atoms with van der Waals surface area (Å²) in [6.07, 6.45) is 0. The molecule has 7 heteroatoms. The van der Waals surface area contributed by atoms with Crippen LogP contribution in [0.5, 0.6) is 0 Å². The number of hydrogen-bond acceptors (Lipinski definition) is 2. The summed E-state index contributed by atoms with van der Waals surface area (Å²) >= 11 is 24.2. The third-order valence-corrected chi connectivity index (χ3v) is 4.10. The number of rotatable bonds is 1. The highest BCUT2D eigenvalue weighted by Gasteiger charge is 2.08. The van der Waals surface area contributed by atoms with E-state index in [0.717, 1.165) is 11.8 Å². The van der Waals surface area contributed by atoms with Crippen molar-refractivity contribution in [2.45, 2.75) is 4.90 Å². The maximum atomic E-state index is 10.3. The highest BCUT2D eigenvalue weighted by atomic mass is 35.5. The molecule has 0 spiro atoms. The van der Waals surface area contributed by atoms with Crippen molar-refractivity contribution in [1.29, 1.82) is 0 Å². The summed E-state index contributed by atoms with van der Waals surface area (Å²) in [5.41, 5.74) is 0. The van der Waals surface area contributed by atoms with E-state index in [1.165, 1.54) is 6.07 Å². The minimum absolute atomic E-state index is 0.130. The number of halogens is 4. The fourth-order valence-corrected chi connectivity index (χ4v) is 2.57. The Balaban J connectivity index is 3.10. The molecule has 0 bridgehead atoms. The largest absolute Gasteiger partial charge is 0.210 e. The van der Waals surface area contributed by atoms with E-state index < -0.39 is 0 Å². The van der Waals surface area contributed by atoms with Gasteiger partial charge in [-0.1, -0.05) is 58.2 Å². The monoisotopic (exact) mass is 306 g/mol. The van der Waals surface area contributed by atoms with Crippen molar-refractivity contribution in [2.75, 3.05) is 0 Å². The molecule has 0 saturated heterocycles. The molecular formula is C7H2Cl4OS2. The van der Waals surface area contributed by atoms with Crippen molar-refractivity contribution in [3.63, 3.8) is 0 Å². The van der Waals surface area contributed by atoms with Gasteiger partial charge in [0.2, 0.25) is 0 Å². The third-order valence-electron chi connectivity index (χ3n) is 1.23. The fraction of sp³-hybridized carbons (Fsp3) is 0. The zero-order chi connectivity index (χ0) is 10.7. The Morgan fingerprint density at radius 3 is 2.21 bits per heavy atom. The topological polar surface area (TPSA) is 17.1 Å². The maximum absolute atomic E-state index is 10.3. The molecule has 0 amide bonds. The van der Waals surface area contributed by atoms with Crippen LogP contribution in [0.15, 0.2) is 17.0 Å². The predicted octanol–water partition coefficient (Wildman–Crippen LogP) is 4.28. The second-order valence-corrected chi connectivity index (χ2v) is 6.05. The van der Waals surface area contributed by atoms with E-state index in [0.29, 0.717) is 20.0 Å². The molecule has 0 atom stereocenters. The van der Waals surface area contributed by atoms with Gasteiger partial charge < -0.3 is 0 Å². The van der Waals surface area contributed by atoms with E-state index in [2.05, 4.69) is 0 Å². The molecule has 0 aliphatic heterocycles. The lowest BCUT2D eigenvalue weighted by Crippen LogP contribution is -1.81. The van der Waals surface area contributed by atoms with Gasteiger partial charge in [-0.2, -0.15) is 0 Å². The smallest absolute Gasteiger partial charge is 0.171 e. The summed E-state index contributed by atoms with van der Waals surface area (Å²) in [6.45, 7) is 0. The fourth-order valence-electron chi connectivity index (χ4n) is 0.686. The second kappa shape index (κ2) is 5.64. The van der Waals surface area contributed by atoms with Gasteiger partial charge in [-0.05, 0) is 12.1 Å². The number of hydrogen-bond donors (Lipinski definition) is 0. The molecule has 0 aromatic heterocycles. The van der Waals surface area contributed by atoms with Gasteiger partial charge in [0.1, 0.15) is 11.3 Å². The zero-order valence-corrected chi connectivity index (χ0v) is 11.0. The van der Waals surface area contributed by atoms with Crippen LogP contribution in [0.25, 0.3) is 0 Å². The molecule has 0 saturated carbocycles. The van der Waals surface area contributed by atoms with Crippen molar-refractivity contribution in [2.24, 2.45) is 0 Å². The SMILES string of the molecule is O=S=C(Cl)Sc1cc(Cl)c(Cl)cc1Cl. The average Bonchev–Trinajstić information content (AvgIpc) is 2.14.